The molecule has 1 heterocycles. The molecule has 3 nitrogen and oxygen atoms in total. The van der Waals surface area contributed by atoms with Crippen molar-refractivity contribution in [2.45, 2.75) is 44.2 Å². The summed E-state index contributed by atoms with van der Waals surface area (Å²) in [6.45, 7) is 0.312. The monoisotopic (exact) mass is 168 g/mol. The van der Waals surface area contributed by atoms with Crippen LogP contribution in [0.4, 0.5) is 0 Å². The van der Waals surface area contributed by atoms with Crippen molar-refractivity contribution in [3.8, 4) is 0 Å². The van der Waals surface area contributed by atoms with E-state index in [1.54, 1.807) is 0 Å². The van der Waals surface area contributed by atoms with Crippen LogP contribution in [-0.2, 0) is 0 Å². The Bertz CT molecular complexity index is 185. The molecule has 1 N–H and O–H groups in total. The smallest absolute Gasteiger partial charge is 0.193 e. The van der Waals surface area contributed by atoms with E-state index in [9.17, 15) is 0 Å². The van der Waals surface area contributed by atoms with Crippen LogP contribution in [0.2, 0.25) is 0 Å². The lowest BCUT2D eigenvalue weighted by molar-refractivity contribution is 0.217. The first-order valence-electron chi connectivity index (χ1n) is 4.92. The second kappa shape index (κ2) is 3.13. The first-order chi connectivity index (χ1) is 5.87. The molecule has 68 valence electrons. The van der Waals surface area contributed by atoms with E-state index < -0.39 is 0 Å². The number of hydrogen-bond donors (Lipinski definition) is 1. The van der Waals surface area contributed by atoms with Gasteiger partial charge in [-0.25, -0.2) is 0 Å². The third kappa shape index (κ3) is 1.38. The van der Waals surface area contributed by atoms with Gasteiger partial charge in [0.15, 0.2) is 5.66 Å². The predicted octanol–water partition coefficient (Wildman–Crippen LogP) is 2.11. The van der Waals surface area contributed by atoms with Crippen LogP contribution in [0.1, 0.15) is 38.5 Å². The first kappa shape index (κ1) is 8.17. The van der Waals surface area contributed by atoms with Gasteiger partial charge in [-0.15, -0.1) is 0 Å². The molecular weight excluding hydrogens is 152 g/mol. The van der Waals surface area contributed by atoms with E-state index in [4.69, 9.17) is 5.11 Å². The maximum absolute atomic E-state index is 8.73. The molecule has 2 rings (SSSR count). The molecule has 1 fully saturated rings. The summed E-state index contributed by atoms with van der Waals surface area (Å²) in [5.41, 5.74) is 0.0351. The molecule has 1 aliphatic heterocycles. The normalized spacial score (nSPS) is 30.9. The van der Waals surface area contributed by atoms with E-state index in [-0.39, 0.29) is 5.66 Å². The van der Waals surface area contributed by atoms with Crippen molar-refractivity contribution >= 4 is 0 Å². The average Bonchev–Trinajstić information content (AvgIpc) is 2.85. The topological polar surface area (TPSA) is 45.0 Å². The van der Waals surface area contributed by atoms with Gasteiger partial charge in [-0.3, -0.25) is 0 Å². The Labute approximate surface area is 72.9 Å². The fraction of sp³-hybridized carbons (Fsp3) is 1.00. The Morgan fingerprint density at radius 2 is 2.17 bits per heavy atom. The zero-order valence-corrected chi connectivity index (χ0v) is 7.37. The van der Waals surface area contributed by atoms with Gasteiger partial charge in [0.05, 0.1) is 0 Å². The summed E-state index contributed by atoms with van der Waals surface area (Å²) >= 11 is 0. The fourth-order valence-corrected chi connectivity index (χ4v) is 2.25. The quantitative estimate of drug-likeness (QED) is 0.689. The zero-order valence-electron chi connectivity index (χ0n) is 7.37. The molecule has 2 aliphatic rings. The summed E-state index contributed by atoms with van der Waals surface area (Å²) in [4.78, 5) is 0. The van der Waals surface area contributed by atoms with Crippen molar-refractivity contribution < 1.29 is 5.11 Å². The Hall–Kier alpha value is -0.440. The van der Waals surface area contributed by atoms with Crippen LogP contribution in [0.15, 0.2) is 10.2 Å². The number of aliphatic hydroxyl groups is 1. The van der Waals surface area contributed by atoms with Gasteiger partial charge < -0.3 is 5.11 Å². The molecule has 1 aliphatic carbocycles. The molecule has 0 amide bonds. The summed E-state index contributed by atoms with van der Waals surface area (Å²) in [7, 11) is 0. The van der Waals surface area contributed by atoms with Crippen molar-refractivity contribution in [3.63, 3.8) is 0 Å². The van der Waals surface area contributed by atoms with Gasteiger partial charge >= 0.3 is 0 Å². The highest BCUT2D eigenvalue weighted by Gasteiger charge is 2.48. The number of hydrogen-bond acceptors (Lipinski definition) is 3. The van der Waals surface area contributed by atoms with Gasteiger partial charge in [0.1, 0.15) is 0 Å². The van der Waals surface area contributed by atoms with Gasteiger partial charge in [-0.05, 0) is 32.1 Å². The highest BCUT2D eigenvalue weighted by atomic mass is 16.2. The molecule has 0 aromatic carbocycles. The lowest BCUT2D eigenvalue weighted by Gasteiger charge is -2.27. The van der Waals surface area contributed by atoms with E-state index in [2.05, 4.69) is 10.2 Å². The van der Waals surface area contributed by atoms with E-state index in [0.717, 1.165) is 19.3 Å². The minimum absolute atomic E-state index is 0.0351. The van der Waals surface area contributed by atoms with Crippen LogP contribution in [0, 0.1) is 5.92 Å². The molecule has 0 radical (unpaired) electrons. The van der Waals surface area contributed by atoms with Crippen LogP contribution in [0.5, 0.6) is 0 Å². The molecule has 0 saturated heterocycles. The molecule has 1 unspecified atom stereocenters. The van der Waals surface area contributed by atoms with Crippen molar-refractivity contribution in [3.05, 3.63) is 0 Å². The SMILES string of the molecule is OCCCC1CCCCC12N=N2. The van der Waals surface area contributed by atoms with E-state index in [1.807, 2.05) is 0 Å². The van der Waals surface area contributed by atoms with Gasteiger partial charge in [0.25, 0.3) is 0 Å². The minimum atomic E-state index is 0.0351. The van der Waals surface area contributed by atoms with Crippen molar-refractivity contribution in [1.82, 2.24) is 0 Å². The standard InChI is InChI=1S/C9H16N2O/c12-7-3-5-8-4-1-2-6-9(8)10-11-9/h8,12H,1-7H2. The minimum Gasteiger partial charge on any atom is -0.396 e. The van der Waals surface area contributed by atoms with E-state index in [1.165, 1.54) is 19.3 Å². The van der Waals surface area contributed by atoms with Crippen molar-refractivity contribution in [1.29, 1.82) is 0 Å². The molecular formula is C9H16N2O. The second-order valence-electron chi connectivity index (χ2n) is 3.89. The van der Waals surface area contributed by atoms with E-state index >= 15 is 0 Å². The molecule has 1 saturated carbocycles. The third-order valence-electron chi connectivity index (χ3n) is 3.07. The highest BCUT2D eigenvalue weighted by molar-refractivity contribution is 5.01. The summed E-state index contributed by atoms with van der Waals surface area (Å²) in [6, 6.07) is 0. The van der Waals surface area contributed by atoms with E-state index in [0.29, 0.717) is 12.5 Å². The zero-order chi connectivity index (χ0) is 8.44. The predicted molar refractivity (Wildman–Crippen MR) is 45.9 cm³/mol. The molecule has 3 heteroatoms. The molecule has 1 spiro atoms. The molecule has 12 heavy (non-hydrogen) atoms. The van der Waals surface area contributed by atoms with Crippen LogP contribution >= 0.6 is 0 Å². The Kier molecular flexibility index (Phi) is 2.13. The Balaban J connectivity index is 1.85. The second-order valence-corrected chi connectivity index (χ2v) is 3.89. The largest absolute Gasteiger partial charge is 0.396 e. The van der Waals surface area contributed by atoms with Gasteiger partial charge in [-0.1, -0.05) is 6.42 Å². The highest BCUT2D eigenvalue weighted by Crippen LogP contribution is 2.48. The molecule has 0 aromatic rings. The molecule has 0 aromatic heterocycles. The summed E-state index contributed by atoms with van der Waals surface area (Å²) in [6.07, 6.45) is 7.03. The lowest BCUT2D eigenvalue weighted by Crippen LogP contribution is -2.28. The van der Waals surface area contributed by atoms with Crippen LogP contribution in [0.25, 0.3) is 0 Å². The van der Waals surface area contributed by atoms with Crippen molar-refractivity contribution in [2.24, 2.45) is 16.1 Å². The summed E-state index contributed by atoms with van der Waals surface area (Å²) in [5.74, 6) is 0.637. The maximum atomic E-state index is 8.73. The Morgan fingerprint density at radius 1 is 1.33 bits per heavy atom. The van der Waals surface area contributed by atoms with Crippen LogP contribution < -0.4 is 0 Å². The molecule has 0 bridgehead atoms. The van der Waals surface area contributed by atoms with Crippen molar-refractivity contribution in [2.75, 3.05) is 6.61 Å². The average molecular weight is 168 g/mol. The maximum Gasteiger partial charge on any atom is 0.193 e. The fourth-order valence-electron chi connectivity index (χ4n) is 2.25. The van der Waals surface area contributed by atoms with Gasteiger partial charge in [0, 0.05) is 12.5 Å². The number of nitrogens with zero attached hydrogens (tertiary/aromatic N) is 2. The Morgan fingerprint density at radius 3 is 2.83 bits per heavy atom. The van der Waals surface area contributed by atoms with Crippen LogP contribution in [-0.4, -0.2) is 17.4 Å². The first-order valence-corrected chi connectivity index (χ1v) is 4.92. The number of rotatable bonds is 3. The third-order valence-corrected chi connectivity index (χ3v) is 3.07. The van der Waals surface area contributed by atoms with Crippen LogP contribution in [0.3, 0.4) is 0 Å². The van der Waals surface area contributed by atoms with Gasteiger partial charge in [-0.2, -0.15) is 10.2 Å². The summed E-state index contributed by atoms with van der Waals surface area (Å²) in [5, 5.41) is 17.1. The summed E-state index contributed by atoms with van der Waals surface area (Å²) < 4.78 is 0. The number of aliphatic hydroxyl groups excluding tert-OH is 1. The molecule has 1 atom stereocenters. The van der Waals surface area contributed by atoms with Gasteiger partial charge in [0.2, 0.25) is 0 Å². The lowest BCUT2D eigenvalue weighted by atomic mass is 9.79.